The third kappa shape index (κ3) is 4.37. The zero-order valence-corrected chi connectivity index (χ0v) is 17.4. The number of anilines is 1. The van der Waals surface area contributed by atoms with Crippen molar-refractivity contribution < 1.29 is 9.53 Å². The van der Waals surface area contributed by atoms with Gasteiger partial charge < -0.3 is 15.0 Å². The number of hydrogen-bond acceptors (Lipinski definition) is 4. The maximum absolute atomic E-state index is 12.7. The Kier molecular flexibility index (Phi) is 5.56. The molecule has 4 rings (SSSR count). The van der Waals surface area contributed by atoms with Gasteiger partial charge in [0.05, 0.1) is 19.4 Å². The summed E-state index contributed by atoms with van der Waals surface area (Å²) in [5, 5.41) is 11.9. The molecule has 154 valence electrons. The van der Waals surface area contributed by atoms with Crippen molar-refractivity contribution in [2.24, 2.45) is 5.41 Å². The highest BCUT2D eigenvalue weighted by atomic mass is 16.5. The van der Waals surface area contributed by atoms with Crippen molar-refractivity contribution in [3.05, 3.63) is 59.2 Å². The number of nitrogens with zero attached hydrogens (tertiary/aromatic N) is 2. The van der Waals surface area contributed by atoms with Gasteiger partial charge in [0.1, 0.15) is 11.8 Å². The van der Waals surface area contributed by atoms with E-state index in [1.807, 2.05) is 18.2 Å². The summed E-state index contributed by atoms with van der Waals surface area (Å²) in [6.07, 6.45) is 9.78. The molecule has 2 aromatic rings. The van der Waals surface area contributed by atoms with E-state index in [0.29, 0.717) is 12.0 Å². The number of H-pyrrole nitrogens is 1. The Labute approximate surface area is 176 Å². The first-order chi connectivity index (χ1) is 14.4. The monoisotopic (exact) mass is 402 g/mol. The largest absolute Gasteiger partial charge is 0.377 e. The molecule has 0 saturated heterocycles. The molecule has 6 heteroatoms. The van der Waals surface area contributed by atoms with Gasteiger partial charge in [0.25, 0.3) is 5.91 Å². The number of allylic oxidation sites excluding steroid dienone is 2. The lowest BCUT2D eigenvalue weighted by molar-refractivity contribution is 0.101. The normalized spacial score (nSPS) is 18.2. The standard InChI is InChI=1S/C24H26N4O2/c1-24(2)9-5-17(6-10-24)20-13-18(16-7-11-30-12-8-16)3-4-21(20)28-23(29)22-26-15-19(14-25)27-22/h3-5,7,13,15H,6,8-12H2,1-2H3,(H,26,27)(H,28,29). The number of carbonyl (C=O) groups is 1. The Morgan fingerprint density at radius 1 is 1.27 bits per heavy atom. The first kappa shape index (κ1) is 20.1. The second kappa shape index (κ2) is 8.29. The Morgan fingerprint density at radius 2 is 2.13 bits per heavy atom. The quantitative estimate of drug-likeness (QED) is 0.758. The molecule has 0 atom stereocenters. The van der Waals surface area contributed by atoms with E-state index in [9.17, 15) is 4.79 Å². The van der Waals surface area contributed by atoms with Crippen LogP contribution in [0.4, 0.5) is 5.69 Å². The third-order valence-electron chi connectivity index (χ3n) is 5.83. The number of nitriles is 1. The van der Waals surface area contributed by atoms with E-state index in [1.165, 1.54) is 22.9 Å². The van der Waals surface area contributed by atoms with E-state index in [1.54, 1.807) is 0 Å². The topological polar surface area (TPSA) is 90.8 Å². The smallest absolute Gasteiger partial charge is 0.291 e. The maximum atomic E-state index is 12.7. The molecular formula is C24H26N4O2. The number of ether oxygens (including phenoxy) is 1. The summed E-state index contributed by atoms with van der Waals surface area (Å²) in [6.45, 7) is 5.95. The summed E-state index contributed by atoms with van der Waals surface area (Å²) in [7, 11) is 0. The van der Waals surface area contributed by atoms with Gasteiger partial charge in [-0.1, -0.05) is 32.1 Å². The molecule has 6 nitrogen and oxygen atoms in total. The zero-order chi connectivity index (χ0) is 21.1. The number of imidazole rings is 1. The van der Waals surface area contributed by atoms with Crippen LogP contribution in [0.1, 0.15) is 67.0 Å². The molecule has 0 bridgehead atoms. The van der Waals surface area contributed by atoms with Crippen LogP contribution in [-0.4, -0.2) is 29.1 Å². The van der Waals surface area contributed by atoms with Gasteiger partial charge in [-0.05, 0) is 59.9 Å². The Morgan fingerprint density at radius 3 is 2.80 bits per heavy atom. The average molecular weight is 402 g/mol. The molecule has 0 spiro atoms. The number of aromatic amines is 1. The van der Waals surface area contributed by atoms with Crippen LogP contribution < -0.4 is 5.32 Å². The van der Waals surface area contributed by atoms with E-state index < -0.39 is 0 Å². The summed E-state index contributed by atoms with van der Waals surface area (Å²) < 4.78 is 5.45. The number of nitrogens with one attached hydrogen (secondary N) is 2. The van der Waals surface area contributed by atoms with Crippen LogP contribution >= 0.6 is 0 Å². The maximum Gasteiger partial charge on any atom is 0.291 e. The minimum atomic E-state index is -0.354. The van der Waals surface area contributed by atoms with Crippen molar-refractivity contribution in [2.45, 2.75) is 39.5 Å². The fourth-order valence-electron chi connectivity index (χ4n) is 3.90. The lowest BCUT2D eigenvalue weighted by Crippen LogP contribution is -2.17. The molecule has 1 aromatic carbocycles. The van der Waals surface area contributed by atoms with Gasteiger partial charge in [0.15, 0.2) is 5.82 Å². The van der Waals surface area contributed by atoms with Crippen molar-refractivity contribution in [1.82, 2.24) is 9.97 Å². The second-order valence-corrected chi connectivity index (χ2v) is 8.62. The fourth-order valence-corrected chi connectivity index (χ4v) is 3.90. The van der Waals surface area contributed by atoms with E-state index in [-0.39, 0.29) is 17.4 Å². The highest BCUT2D eigenvalue weighted by Crippen LogP contribution is 2.40. The van der Waals surface area contributed by atoms with Crippen LogP contribution in [0.2, 0.25) is 0 Å². The van der Waals surface area contributed by atoms with Crippen LogP contribution in [0.5, 0.6) is 0 Å². The summed E-state index contributed by atoms with van der Waals surface area (Å²) in [5.74, 6) is -0.222. The molecule has 2 aliphatic rings. The molecule has 0 fully saturated rings. The molecule has 30 heavy (non-hydrogen) atoms. The Balaban J connectivity index is 1.68. The fraction of sp³-hybridized carbons (Fsp3) is 0.375. The predicted octanol–water partition coefficient (Wildman–Crippen LogP) is 4.93. The van der Waals surface area contributed by atoms with Crippen LogP contribution in [0.3, 0.4) is 0 Å². The van der Waals surface area contributed by atoms with Crippen molar-refractivity contribution in [2.75, 3.05) is 18.5 Å². The molecule has 1 aliphatic carbocycles. The molecule has 0 unspecified atom stereocenters. The minimum Gasteiger partial charge on any atom is -0.377 e. The third-order valence-corrected chi connectivity index (χ3v) is 5.83. The summed E-state index contributed by atoms with van der Waals surface area (Å²) in [6, 6.07) is 8.15. The van der Waals surface area contributed by atoms with Crippen molar-refractivity contribution in [1.29, 1.82) is 5.26 Å². The van der Waals surface area contributed by atoms with Gasteiger partial charge in [0.2, 0.25) is 0 Å². The van der Waals surface area contributed by atoms with Crippen LogP contribution in [-0.2, 0) is 4.74 Å². The van der Waals surface area contributed by atoms with Crippen LogP contribution in [0.15, 0.2) is 36.5 Å². The van der Waals surface area contributed by atoms with Crippen LogP contribution in [0.25, 0.3) is 11.1 Å². The summed E-state index contributed by atoms with van der Waals surface area (Å²) >= 11 is 0. The number of carbonyl (C=O) groups excluding carboxylic acids is 1. The highest BCUT2D eigenvalue weighted by Gasteiger charge is 2.24. The lowest BCUT2D eigenvalue weighted by Gasteiger charge is -2.29. The second-order valence-electron chi connectivity index (χ2n) is 8.62. The Bertz CT molecular complexity index is 1070. The van der Waals surface area contributed by atoms with E-state index in [0.717, 1.165) is 43.5 Å². The van der Waals surface area contributed by atoms with Gasteiger partial charge in [-0.2, -0.15) is 5.26 Å². The molecule has 1 amide bonds. The number of amides is 1. The molecule has 1 aromatic heterocycles. The van der Waals surface area contributed by atoms with Gasteiger partial charge in [-0.3, -0.25) is 4.79 Å². The van der Waals surface area contributed by atoms with E-state index in [2.05, 4.69) is 47.4 Å². The average Bonchev–Trinajstić information content (AvgIpc) is 3.24. The zero-order valence-electron chi connectivity index (χ0n) is 17.4. The molecule has 0 radical (unpaired) electrons. The summed E-state index contributed by atoms with van der Waals surface area (Å²) in [4.78, 5) is 19.4. The predicted molar refractivity (Wildman–Crippen MR) is 117 cm³/mol. The van der Waals surface area contributed by atoms with Gasteiger partial charge in [0, 0.05) is 11.3 Å². The minimum absolute atomic E-state index is 0.132. The van der Waals surface area contributed by atoms with Crippen LogP contribution in [0, 0.1) is 16.7 Å². The Hall–Kier alpha value is -3.17. The van der Waals surface area contributed by atoms with Gasteiger partial charge in [-0.15, -0.1) is 0 Å². The van der Waals surface area contributed by atoms with E-state index >= 15 is 0 Å². The van der Waals surface area contributed by atoms with Crippen molar-refractivity contribution in [3.8, 4) is 6.07 Å². The summed E-state index contributed by atoms with van der Waals surface area (Å²) in [5.41, 5.74) is 6.09. The number of hydrogen-bond donors (Lipinski definition) is 2. The first-order valence-corrected chi connectivity index (χ1v) is 10.3. The first-order valence-electron chi connectivity index (χ1n) is 10.3. The highest BCUT2D eigenvalue weighted by molar-refractivity contribution is 6.03. The number of aromatic nitrogens is 2. The molecular weight excluding hydrogens is 376 g/mol. The molecule has 1 aliphatic heterocycles. The SMILES string of the molecule is CC1(C)CC=C(c2cc(C3=CCOCC3)ccc2NC(=O)c2ncc(C#N)[nH]2)CC1. The lowest BCUT2D eigenvalue weighted by atomic mass is 9.76. The number of rotatable bonds is 4. The molecule has 2 heterocycles. The number of benzene rings is 1. The van der Waals surface area contributed by atoms with Crippen molar-refractivity contribution in [3.63, 3.8) is 0 Å². The van der Waals surface area contributed by atoms with E-state index in [4.69, 9.17) is 10.00 Å². The van der Waals surface area contributed by atoms with Gasteiger partial charge >= 0.3 is 0 Å². The van der Waals surface area contributed by atoms with Gasteiger partial charge in [-0.25, -0.2) is 4.98 Å². The van der Waals surface area contributed by atoms with Crippen molar-refractivity contribution >= 4 is 22.7 Å². The molecule has 2 N–H and O–H groups in total. The molecule has 0 saturated carbocycles.